The first-order chi connectivity index (χ1) is 23.6. The summed E-state index contributed by atoms with van der Waals surface area (Å²) >= 11 is 7.44. The number of anilines is 1. The third-order valence-corrected chi connectivity index (χ3v) is 9.16. The van der Waals surface area contributed by atoms with E-state index in [0.29, 0.717) is 43.3 Å². The minimum absolute atomic E-state index is 0.0177. The Morgan fingerprint density at radius 2 is 1.73 bits per heavy atom. The maximum absolute atomic E-state index is 14.0. The van der Waals surface area contributed by atoms with Crippen molar-refractivity contribution >= 4 is 57.4 Å². The SMILES string of the molecule is COC(=O)C1=C(C)N=c2sc(=Cc3ccc(OCC(=O)Nc4ccc5ccccc5c4)c(OC)c3)c(=O)n2C1c1cc(Cl)c(O)c(OC)c1. The van der Waals surface area contributed by atoms with Crippen LogP contribution in [-0.2, 0) is 14.3 Å². The normalized spacial score (nSPS) is 14.2. The van der Waals surface area contributed by atoms with Crippen molar-refractivity contribution in [1.29, 1.82) is 0 Å². The van der Waals surface area contributed by atoms with E-state index in [4.69, 9.17) is 30.5 Å². The predicted octanol–water partition coefficient (Wildman–Crippen LogP) is 4.96. The topological polar surface area (TPSA) is 138 Å². The van der Waals surface area contributed by atoms with Crippen LogP contribution in [0.3, 0.4) is 0 Å². The molecule has 0 saturated carbocycles. The highest BCUT2D eigenvalue weighted by atomic mass is 35.5. The Morgan fingerprint density at radius 3 is 2.47 bits per heavy atom. The van der Waals surface area contributed by atoms with E-state index in [2.05, 4.69) is 10.3 Å². The predicted molar refractivity (Wildman–Crippen MR) is 187 cm³/mol. The molecular formula is C36H30ClN3O8S. The molecule has 2 heterocycles. The number of methoxy groups -OCH3 is 3. The molecule has 0 bridgehead atoms. The summed E-state index contributed by atoms with van der Waals surface area (Å²) in [5, 5.41) is 15.2. The summed E-state index contributed by atoms with van der Waals surface area (Å²) < 4.78 is 23.4. The lowest BCUT2D eigenvalue weighted by atomic mass is 9.95. The number of allylic oxidation sites excluding steroid dienone is 1. The molecule has 0 aliphatic carbocycles. The third kappa shape index (κ3) is 6.60. The van der Waals surface area contributed by atoms with Gasteiger partial charge in [0.1, 0.15) is 0 Å². The van der Waals surface area contributed by atoms with Gasteiger partial charge in [0.05, 0.1) is 48.2 Å². The van der Waals surface area contributed by atoms with Crippen molar-refractivity contribution in [3.8, 4) is 23.0 Å². The summed E-state index contributed by atoms with van der Waals surface area (Å²) in [7, 11) is 4.09. The summed E-state index contributed by atoms with van der Waals surface area (Å²) in [4.78, 5) is 44.6. The molecule has 1 aromatic heterocycles. The molecule has 5 aromatic rings. The lowest BCUT2D eigenvalue weighted by molar-refractivity contribution is -0.136. The van der Waals surface area contributed by atoms with E-state index in [-0.39, 0.29) is 34.6 Å². The van der Waals surface area contributed by atoms with Crippen LogP contribution in [0, 0.1) is 0 Å². The number of esters is 1. The van der Waals surface area contributed by atoms with Crippen LogP contribution in [0.15, 0.2) is 93.9 Å². The minimum Gasteiger partial charge on any atom is -0.503 e. The van der Waals surface area contributed by atoms with Crippen molar-refractivity contribution in [2.45, 2.75) is 13.0 Å². The van der Waals surface area contributed by atoms with Crippen molar-refractivity contribution in [3.63, 3.8) is 0 Å². The Kier molecular flexibility index (Phi) is 9.43. The first-order valence-corrected chi connectivity index (χ1v) is 16.1. The fourth-order valence-electron chi connectivity index (χ4n) is 5.57. The summed E-state index contributed by atoms with van der Waals surface area (Å²) in [6.07, 6.45) is 1.67. The number of carbonyl (C=O) groups is 2. The fraction of sp³-hybridized carbons (Fsp3) is 0.167. The number of halogens is 1. The van der Waals surface area contributed by atoms with Gasteiger partial charge in [-0.15, -0.1) is 0 Å². The van der Waals surface area contributed by atoms with Crippen LogP contribution < -0.4 is 34.4 Å². The number of amides is 1. The van der Waals surface area contributed by atoms with Gasteiger partial charge in [0, 0.05) is 5.69 Å². The molecule has 2 N–H and O–H groups in total. The zero-order chi connectivity index (χ0) is 34.8. The molecule has 0 radical (unpaired) electrons. The highest BCUT2D eigenvalue weighted by Crippen LogP contribution is 2.40. The zero-order valence-electron chi connectivity index (χ0n) is 26.8. The number of carbonyl (C=O) groups excluding carboxylic acids is 2. The smallest absolute Gasteiger partial charge is 0.338 e. The summed E-state index contributed by atoms with van der Waals surface area (Å²) in [5.41, 5.74) is 1.76. The second-order valence-corrected chi connectivity index (χ2v) is 12.4. The van der Waals surface area contributed by atoms with Gasteiger partial charge >= 0.3 is 5.97 Å². The first kappa shape index (κ1) is 33.3. The summed E-state index contributed by atoms with van der Waals surface area (Å²) in [5.74, 6) is -0.517. The molecule has 4 aromatic carbocycles. The first-order valence-electron chi connectivity index (χ1n) is 14.9. The summed E-state index contributed by atoms with van der Waals surface area (Å²) in [6.45, 7) is 1.40. The van der Waals surface area contributed by atoms with Gasteiger partial charge in [-0.3, -0.25) is 14.2 Å². The average Bonchev–Trinajstić information content (AvgIpc) is 3.40. The van der Waals surface area contributed by atoms with E-state index in [1.54, 1.807) is 31.2 Å². The number of fused-ring (bicyclic) bond motifs is 2. The monoisotopic (exact) mass is 699 g/mol. The van der Waals surface area contributed by atoms with Crippen molar-refractivity contribution in [3.05, 3.63) is 120 Å². The van der Waals surface area contributed by atoms with Crippen LogP contribution in [0.1, 0.15) is 24.1 Å². The number of phenolic OH excluding ortho intramolecular Hbond substituents is 1. The molecule has 1 aliphatic heterocycles. The van der Waals surface area contributed by atoms with E-state index in [1.807, 2.05) is 42.5 Å². The van der Waals surface area contributed by atoms with E-state index in [0.717, 1.165) is 22.1 Å². The van der Waals surface area contributed by atoms with E-state index in [1.165, 1.54) is 38.0 Å². The summed E-state index contributed by atoms with van der Waals surface area (Å²) in [6, 6.07) is 20.6. The fourth-order valence-corrected chi connectivity index (χ4v) is 6.83. The molecule has 0 saturated heterocycles. The average molecular weight is 700 g/mol. The highest BCUT2D eigenvalue weighted by Gasteiger charge is 2.34. The molecular weight excluding hydrogens is 670 g/mol. The van der Waals surface area contributed by atoms with Gasteiger partial charge in [0.2, 0.25) is 0 Å². The number of nitrogens with one attached hydrogen (secondary N) is 1. The molecule has 13 heteroatoms. The second-order valence-electron chi connectivity index (χ2n) is 10.9. The number of rotatable bonds is 9. The van der Waals surface area contributed by atoms with Gasteiger partial charge in [0.15, 0.2) is 34.4 Å². The third-order valence-electron chi connectivity index (χ3n) is 7.89. The van der Waals surface area contributed by atoms with Gasteiger partial charge in [-0.2, -0.15) is 0 Å². The molecule has 6 rings (SSSR count). The molecule has 0 spiro atoms. The molecule has 250 valence electrons. The largest absolute Gasteiger partial charge is 0.503 e. The van der Waals surface area contributed by atoms with Crippen LogP contribution in [0.2, 0.25) is 5.02 Å². The van der Waals surface area contributed by atoms with Crippen molar-refractivity contribution < 1.29 is 33.6 Å². The van der Waals surface area contributed by atoms with Crippen LogP contribution in [0.25, 0.3) is 16.8 Å². The zero-order valence-corrected chi connectivity index (χ0v) is 28.3. The van der Waals surface area contributed by atoms with Gasteiger partial charge in [-0.25, -0.2) is 9.79 Å². The molecule has 0 fully saturated rings. The lowest BCUT2D eigenvalue weighted by Crippen LogP contribution is -2.39. The molecule has 1 aliphatic rings. The van der Waals surface area contributed by atoms with Gasteiger partial charge < -0.3 is 29.4 Å². The molecule has 1 atom stereocenters. The quantitative estimate of drug-likeness (QED) is 0.206. The van der Waals surface area contributed by atoms with E-state index >= 15 is 0 Å². The highest BCUT2D eigenvalue weighted by molar-refractivity contribution is 7.07. The molecule has 1 unspecified atom stereocenters. The van der Waals surface area contributed by atoms with Crippen LogP contribution >= 0.6 is 22.9 Å². The number of aromatic hydroxyl groups is 1. The number of ether oxygens (including phenoxy) is 4. The lowest BCUT2D eigenvalue weighted by Gasteiger charge is -2.25. The number of benzene rings is 4. The maximum atomic E-state index is 14.0. The van der Waals surface area contributed by atoms with Gasteiger partial charge in [-0.05, 0) is 71.3 Å². The molecule has 49 heavy (non-hydrogen) atoms. The Labute approximate surface area is 288 Å². The number of phenols is 1. The molecule has 1 amide bonds. The van der Waals surface area contributed by atoms with E-state index in [9.17, 15) is 19.5 Å². The number of thiazole rings is 1. The Hall–Kier alpha value is -5.59. The maximum Gasteiger partial charge on any atom is 0.338 e. The van der Waals surface area contributed by atoms with Crippen LogP contribution in [0.4, 0.5) is 5.69 Å². The van der Waals surface area contributed by atoms with Crippen molar-refractivity contribution in [2.75, 3.05) is 33.3 Å². The Morgan fingerprint density at radius 1 is 0.980 bits per heavy atom. The molecule has 11 nitrogen and oxygen atoms in total. The minimum atomic E-state index is -0.969. The standard InChI is InChI=1S/C36H30ClN3O8S/c1-19-31(35(44)47-4)32(23-16-25(37)33(42)28(17-23)46-3)40-34(43)29(49-36(40)38-19)14-20-9-12-26(27(13-20)45-2)48-18-30(41)39-24-11-10-21-7-5-6-8-22(21)15-24/h5-17,32,42H,18H2,1-4H3,(H,39,41). The number of nitrogens with zero attached hydrogens (tertiary/aromatic N) is 2. The van der Waals surface area contributed by atoms with Gasteiger partial charge in [0.25, 0.3) is 11.5 Å². The van der Waals surface area contributed by atoms with Crippen molar-refractivity contribution in [1.82, 2.24) is 4.57 Å². The van der Waals surface area contributed by atoms with Crippen LogP contribution in [-0.4, -0.2) is 49.5 Å². The number of hydrogen-bond donors (Lipinski definition) is 2. The van der Waals surface area contributed by atoms with Crippen LogP contribution in [0.5, 0.6) is 23.0 Å². The Bertz CT molecular complexity index is 2350. The second kappa shape index (κ2) is 13.9. The van der Waals surface area contributed by atoms with Gasteiger partial charge in [-0.1, -0.05) is 59.3 Å². The number of hydrogen-bond acceptors (Lipinski definition) is 10. The van der Waals surface area contributed by atoms with E-state index < -0.39 is 17.6 Å². The number of aromatic nitrogens is 1. The Balaban J connectivity index is 1.29. The van der Waals surface area contributed by atoms with Crippen molar-refractivity contribution in [2.24, 2.45) is 4.99 Å².